The first-order chi connectivity index (χ1) is 9.06. The quantitative estimate of drug-likeness (QED) is 0.800. The molecule has 0 aliphatic heterocycles. The summed E-state index contributed by atoms with van der Waals surface area (Å²) in [7, 11) is 0. The fraction of sp³-hybridized carbons (Fsp3) is 0.429. The highest BCUT2D eigenvalue weighted by atomic mass is 32.1. The lowest BCUT2D eigenvalue weighted by Crippen LogP contribution is -2.05. The molecule has 0 saturated heterocycles. The largest absolute Gasteiger partial charge is 0.460 e. The molecule has 4 nitrogen and oxygen atoms in total. The van der Waals surface area contributed by atoms with Gasteiger partial charge in [-0.05, 0) is 38.8 Å². The van der Waals surface area contributed by atoms with Gasteiger partial charge >= 0.3 is 5.97 Å². The normalized spacial score (nSPS) is 10.7. The number of thiophene rings is 1. The van der Waals surface area contributed by atoms with Crippen LogP contribution in [0.5, 0.6) is 0 Å². The molecule has 2 aromatic heterocycles. The molecule has 0 aromatic carbocycles. The van der Waals surface area contributed by atoms with Gasteiger partial charge in [0.1, 0.15) is 0 Å². The Labute approximate surface area is 116 Å². The molecule has 0 unspecified atom stereocenters. The van der Waals surface area contributed by atoms with Crippen LogP contribution < -0.4 is 0 Å². The van der Waals surface area contributed by atoms with Gasteiger partial charge in [-0.2, -0.15) is 0 Å². The van der Waals surface area contributed by atoms with Crippen LogP contribution in [0.4, 0.5) is 0 Å². The van der Waals surface area contributed by atoms with Crippen LogP contribution in [-0.2, 0) is 11.2 Å². The number of ether oxygens (including phenoxy) is 1. The lowest BCUT2D eigenvalue weighted by Gasteiger charge is -1.98. The Kier molecular flexibility index (Phi) is 4.04. The highest BCUT2D eigenvalue weighted by Crippen LogP contribution is 2.31. The minimum Gasteiger partial charge on any atom is -0.460 e. The van der Waals surface area contributed by atoms with E-state index in [0.717, 1.165) is 4.88 Å². The van der Waals surface area contributed by atoms with Crippen molar-refractivity contribution < 1.29 is 13.9 Å². The zero-order valence-corrected chi connectivity index (χ0v) is 12.4. The minimum absolute atomic E-state index is 0.225. The van der Waals surface area contributed by atoms with E-state index >= 15 is 0 Å². The monoisotopic (exact) mass is 279 g/mol. The van der Waals surface area contributed by atoms with E-state index in [1.165, 1.54) is 10.4 Å². The van der Waals surface area contributed by atoms with E-state index < -0.39 is 5.97 Å². The molecule has 0 atom stereocenters. The van der Waals surface area contributed by atoms with E-state index in [9.17, 15) is 4.79 Å². The predicted octanol–water partition coefficient (Wildman–Crippen LogP) is 3.76. The van der Waals surface area contributed by atoms with Crippen molar-refractivity contribution in [1.29, 1.82) is 0 Å². The lowest BCUT2D eigenvalue weighted by atomic mass is 10.3. The fourth-order valence-corrected chi connectivity index (χ4v) is 2.69. The number of aryl methyl sites for hydroxylation is 3. The third-order valence-corrected chi connectivity index (χ3v) is 4.01. The lowest BCUT2D eigenvalue weighted by molar-refractivity contribution is 0.0489. The summed E-state index contributed by atoms with van der Waals surface area (Å²) in [5, 5.41) is 0. The average molecular weight is 279 g/mol. The van der Waals surface area contributed by atoms with Crippen LogP contribution in [-0.4, -0.2) is 17.6 Å². The Morgan fingerprint density at radius 1 is 1.42 bits per heavy atom. The Balaban J connectivity index is 2.40. The molecule has 0 radical (unpaired) electrons. The van der Waals surface area contributed by atoms with Crippen LogP contribution in [0, 0.1) is 13.8 Å². The van der Waals surface area contributed by atoms with Gasteiger partial charge in [-0.25, -0.2) is 9.78 Å². The summed E-state index contributed by atoms with van der Waals surface area (Å²) in [5.74, 6) is 0.284. The number of aromatic nitrogens is 1. The molecule has 19 heavy (non-hydrogen) atoms. The second-order valence-corrected chi connectivity index (χ2v) is 5.48. The molecule has 0 aliphatic carbocycles. The summed E-state index contributed by atoms with van der Waals surface area (Å²) in [4.78, 5) is 18.4. The second-order valence-electron chi connectivity index (χ2n) is 4.22. The molecular formula is C14H17NO3S. The average Bonchev–Trinajstić information content (AvgIpc) is 2.94. The van der Waals surface area contributed by atoms with Crippen LogP contribution in [0.2, 0.25) is 0 Å². The van der Waals surface area contributed by atoms with E-state index in [2.05, 4.69) is 11.9 Å². The van der Waals surface area contributed by atoms with Crippen LogP contribution in [0.25, 0.3) is 10.8 Å². The van der Waals surface area contributed by atoms with Gasteiger partial charge in [0.05, 0.1) is 17.2 Å². The Morgan fingerprint density at radius 2 is 2.16 bits per heavy atom. The molecule has 0 amide bonds. The van der Waals surface area contributed by atoms with Crippen LogP contribution in [0.1, 0.15) is 40.5 Å². The van der Waals surface area contributed by atoms with Gasteiger partial charge in [-0.1, -0.05) is 6.92 Å². The van der Waals surface area contributed by atoms with E-state index in [0.29, 0.717) is 24.6 Å². The van der Waals surface area contributed by atoms with Crippen molar-refractivity contribution in [3.05, 3.63) is 28.0 Å². The van der Waals surface area contributed by atoms with Crippen molar-refractivity contribution in [1.82, 2.24) is 4.98 Å². The number of esters is 1. The summed E-state index contributed by atoms with van der Waals surface area (Å²) in [6, 6.07) is 2.03. The van der Waals surface area contributed by atoms with E-state index in [1.54, 1.807) is 18.3 Å². The first-order valence-electron chi connectivity index (χ1n) is 6.31. The van der Waals surface area contributed by atoms with Gasteiger partial charge in [0.15, 0.2) is 0 Å². The first-order valence-corrected chi connectivity index (χ1v) is 7.12. The molecule has 2 aromatic rings. The van der Waals surface area contributed by atoms with Crippen molar-refractivity contribution in [2.24, 2.45) is 0 Å². The maximum atomic E-state index is 11.8. The number of rotatable bonds is 4. The molecule has 0 aliphatic rings. The molecule has 0 fully saturated rings. The van der Waals surface area contributed by atoms with Crippen LogP contribution >= 0.6 is 11.3 Å². The maximum Gasteiger partial charge on any atom is 0.376 e. The molecule has 0 N–H and O–H groups in total. The number of carbonyl (C=O) groups is 1. The van der Waals surface area contributed by atoms with E-state index in [-0.39, 0.29) is 5.76 Å². The highest BCUT2D eigenvalue weighted by Gasteiger charge is 2.21. The Morgan fingerprint density at radius 3 is 2.68 bits per heavy atom. The molecule has 0 saturated carbocycles. The molecule has 102 valence electrons. The number of oxazole rings is 1. The van der Waals surface area contributed by atoms with Gasteiger partial charge in [0, 0.05) is 4.88 Å². The van der Waals surface area contributed by atoms with Crippen molar-refractivity contribution >= 4 is 17.3 Å². The number of hydrogen-bond donors (Lipinski definition) is 0. The van der Waals surface area contributed by atoms with Crippen LogP contribution in [0.15, 0.2) is 10.5 Å². The molecule has 0 spiro atoms. The van der Waals surface area contributed by atoms with Crippen molar-refractivity contribution in [2.75, 3.05) is 6.61 Å². The van der Waals surface area contributed by atoms with Gasteiger partial charge in [-0.3, -0.25) is 0 Å². The van der Waals surface area contributed by atoms with Gasteiger partial charge in [0.2, 0.25) is 11.7 Å². The Bertz CT molecular complexity index is 578. The molecule has 2 heterocycles. The smallest absolute Gasteiger partial charge is 0.376 e. The second kappa shape index (κ2) is 5.57. The third kappa shape index (κ3) is 2.71. The zero-order chi connectivity index (χ0) is 14.0. The number of hydrogen-bond acceptors (Lipinski definition) is 5. The third-order valence-electron chi connectivity index (χ3n) is 2.87. The maximum absolute atomic E-state index is 11.8. The SMILES string of the molecule is CCOC(=O)c1oc(-c2cc(C)c(C)s2)nc1CC. The summed E-state index contributed by atoms with van der Waals surface area (Å²) >= 11 is 1.62. The first kappa shape index (κ1) is 13.8. The number of carbonyl (C=O) groups excluding carboxylic acids is 1. The predicted molar refractivity (Wildman–Crippen MR) is 74.6 cm³/mol. The minimum atomic E-state index is -0.442. The van der Waals surface area contributed by atoms with Gasteiger partial charge in [-0.15, -0.1) is 11.3 Å². The van der Waals surface area contributed by atoms with E-state index in [1.807, 2.05) is 19.9 Å². The summed E-state index contributed by atoms with van der Waals surface area (Å²) < 4.78 is 10.6. The summed E-state index contributed by atoms with van der Waals surface area (Å²) in [5.41, 5.74) is 1.85. The van der Waals surface area contributed by atoms with Gasteiger partial charge < -0.3 is 9.15 Å². The zero-order valence-electron chi connectivity index (χ0n) is 11.6. The van der Waals surface area contributed by atoms with Gasteiger partial charge in [0.25, 0.3) is 0 Å². The molecule has 2 rings (SSSR count). The Hall–Kier alpha value is -1.62. The van der Waals surface area contributed by atoms with Crippen LogP contribution in [0.3, 0.4) is 0 Å². The number of nitrogens with zero attached hydrogens (tertiary/aromatic N) is 1. The standard InChI is InChI=1S/C14H17NO3S/c1-5-10-12(14(16)17-6-2)18-13(15-10)11-7-8(3)9(4)19-11/h7H,5-6H2,1-4H3. The highest BCUT2D eigenvalue weighted by molar-refractivity contribution is 7.15. The van der Waals surface area contributed by atoms with Crippen molar-refractivity contribution in [3.8, 4) is 10.8 Å². The van der Waals surface area contributed by atoms with E-state index in [4.69, 9.17) is 9.15 Å². The van der Waals surface area contributed by atoms with Crippen molar-refractivity contribution in [2.45, 2.75) is 34.1 Å². The molecule has 5 heteroatoms. The molecule has 0 bridgehead atoms. The summed E-state index contributed by atoms with van der Waals surface area (Å²) in [6.07, 6.45) is 0.640. The van der Waals surface area contributed by atoms with Crippen molar-refractivity contribution in [3.63, 3.8) is 0 Å². The summed E-state index contributed by atoms with van der Waals surface area (Å²) in [6.45, 7) is 8.14. The molecular weight excluding hydrogens is 262 g/mol. The fourth-order valence-electron chi connectivity index (χ4n) is 1.73. The topological polar surface area (TPSA) is 52.3 Å².